The second kappa shape index (κ2) is 6.14. The van der Waals surface area contributed by atoms with Gasteiger partial charge >= 0.3 is 5.97 Å². The van der Waals surface area contributed by atoms with Crippen molar-refractivity contribution in [2.45, 2.75) is 18.2 Å². The summed E-state index contributed by atoms with van der Waals surface area (Å²) >= 11 is 3.13. The van der Waals surface area contributed by atoms with E-state index in [1.807, 2.05) is 6.07 Å². The zero-order chi connectivity index (χ0) is 14.6. The Morgan fingerprint density at radius 3 is 2.68 bits per heavy atom. The Labute approximate surface area is 119 Å². The third kappa shape index (κ3) is 3.76. The van der Waals surface area contributed by atoms with E-state index in [9.17, 15) is 13.2 Å². The highest BCUT2D eigenvalue weighted by molar-refractivity contribution is 9.10. The van der Waals surface area contributed by atoms with Crippen molar-refractivity contribution in [1.82, 2.24) is 4.72 Å². The van der Waals surface area contributed by atoms with Gasteiger partial charge in [-0.15, -0.1) is 0 Å². The lowest BCUT2D eigenvalue weighted by molar-refractivity contribution is 0.0695. The van der Waals surface area contributed by atoms with Crippen LogP contribution >= 0.6 is 15.9 Å². The summed E-state index contributed by atoms with van der Waals surface area (Å²) in [5.74, 6) is -1.20. The Bertz CT molecular complexity index is 649. The van der Waals surface area contributed by atoms with Gasteiger partial charge in [-0.2, -0.15) is 5.26 Å². The van der Waals surface area contributed by atoms with E-state index < -0.39 is 16.0 Å². The summed E-state index contributed by atoms with van der Waals surface area (Å²) in [6.45, 7) is 1.56. The SMILES string of the molecule is Cc1c(Br)cc(S(=O)(=O)NCCC#N)cc1C(=O)O. The topological polar surface area (TPSA) is 107 Å². The van der Waals surface area contributed by atoms with Crippen molar-refractivity contribution in [3.05, 3.63) is 27.7 Å². The Morgan fingerprint density at radius 1 is 1.53 bits per heavy atom. The van der Waals surface area contributed by atoms with Crippen LogP contribution in [0.5, 0.6) is 0 Å². The van der Waals surface area contributed by atoms with E-state index in [1.165, 1.54) is 6.07 Å². The van der Waals surface area contributed by atoms with E-state index >= 15 is 0 Å². The summed E-state index contributed by atoms with van der Waals surface area (Å²) in [5.41, 5.74) is 0.360. The molecular weight excluding hydrogens is 336 g/mol. The summed E-state index contributed by atoms with van der Waals surface area (Å²) in [5, 5.41) is 17.4. The van der Waals surface area contributed by atoms with E-state index in [4.69, 9.17) is 10.4 Å². The van der Waals surface area contributed by atoms with Crippen LogP contribution in [0.15, 0.2) is 21.5 Å². The molecule has 0 aliphatic carbocycles. The highest BCUT2D eigenvalue weighted by atomic mass is 79.9. The summed E-state index contributed by atoms with van der Waals surface area (Å²) in [7, 11) is -3.82. The van der Waals surface area contributed by atoms with Gasteiger partial charge in [-0.05, 0) is 24.6 Å². The van der Waals surface area contributed by atoms with Gasteiger partial charge in [-0.25, -0.2) is 17.9 Å². The molecule has 0 aliphatic rings. The van der Waals surface area contributed by atoms with Crippen LogP contribution in [-0.4, -0.2) is 26.0 Å². The summed E-state index contributed by atoms with van der Waals surface area (Å²) in [6.07, 6.45) is 0.0397. The predicted molar refractivity (Wildman–Crippen MR) is 71.3 cm³/mol. The first kappa shape index (κ1) is 15.6. The second-order valence-electron chi connectivity index (χ2n) is 3.69. The number of rotatable bonds is 5. The Balaban J connectivity index is 3.22. The molecule has 0 heterocycles. The van der Waals surface area contributed by atoms with Gasteiger partial charge in [0.1, 0.15) is 0 Å². The molecule has 0 aromatic heterocycles. The van der Waals surface area contributed by atoms with Crippen LogP contribution in [0.25, 0.3) is 0 Å². The highest BCUT2D eigenvalue weighted by Gasteiger charge is 2.19. The fourth-order valence-electron chi connectivity index (χ4n) is 1.36. The van der Waals surface area contributed by atoms with Crippen molar-refractivity contribution in [3.8, 4) is 6.07 Å². The number of nitriles is 1. The van der Waals surface area contributed by atoms with Crippen LogP contribution in [0.4, 0.5) is 0 Å². The van der Waals surface area contributed by atoms with Crippen molar-refractivity contribution in [2.75, 3.05) is 6.54 Å². The fourth-order valence-corrected chi connectivity index (χ4v) is 3.05. The lowest BCUT2D eigenvalue weighted by Crippen LogP contribution is -2.25. The maximum atomic E-state index is 11.9. The molecule has 1 rings (SSSR count). The van der Waals surface area contributed by atoms with Crippen molar-refractivity contribution < 1.29 is 18.3 Å². The summed E-state index contributed by atoms with van der Waals surface area (Å²) in [6, 6.07) is 4.24. The first-order valence-corrected chi connectivity index (χ1v) is 7.47. The van der Waals surface area contributed by atoms with E-state index in [0.29, 0.717) is 10.0 Å². The lowest BCUT2D eigenvalue weighted by atomic mass is 10.1. The Morgan fingerprint density at radius 2 is 2.16 bits per heavy atom. The molecule has 0 bridgehead atoms. The number of carbonyl (C=O) groups is 1. The maximum absolute atomic E-state index is 11.9. The molecule has 8 heteroatoms. The number of carboxylic acid groups (broad SMARTS) is 1. The standard InChI is InChI=1S/C11H11BrN2O4S/c1-7-9(11(15)16)5-8(6-10(7)12)19(17,18)14-4-2-3-13/h5-6,14H,2,4H2,1H3,(H,15,16). The van der Waals surface area contributed by atoms with Gasteiger partial charge in [0.15, 0.2) is 0 Å². The smallest absolute Gasteiger partial charge is 0.336 e. The number of hydrogen-bond donors (Lipinski definition) is 2. The number of carboxylic acids is 1. The molecular formula is C11H11BrN2O4S. The van der Waals surface area contributed by atoms with Crippen LogP contribution < -0.4 is 4.72 Å². The molecule has 0 saturated carbocycles. The van der Waals surface area contributed by atoms with Gasteiger partial charge in [-0.3, -0.25) is 0 Å². The van der Waals surface area contributed by atoms with Crippen LogP contribution in [0.1, 0.15) is 22.3 Å². The van der Waals surface area contributed by atoms with Crippen molar-refractivity contribution in [2.24, 2.45) is 0 Å². The van der Waals surface area contributed by atoms with E-state index in [1.54, 1.807) is 6.92 Å². The number of nitrogens with one attached hydrogen (secondary N) is 1. The first-order chi connectivity index (χ1) is 8.79. The van der Waals surface area contributed by atoms with Crippen molar-refractivity contribution >= 4 is 31.9 Å². The normalized spacial score (nSPS) is 11.0. The summed E-state index contributed by atoms with van der Waals surface area (Å²) in [4.78, 5) is 10.9. The Kier molecular flexibility index (Phi) is 5.05. The Hall–Kier alpha value is -1.43. The van der Waals surface area contributed by atoms with Gasteiger partial charge in [0.05, 0.1) is 16.5 Å². The molecule has 0 aliphatic heterocycles. The fraction of sp³-hybridized carbons (Fsp3) is 0.273. The maximum Gasteiger partial charge on any atom is 0.336 e. The third-order valence-electron chi connectivity index (χ3n) is 2.39. The zero-order valence-electron chi connectivity index (χ0n) is 9.97. The molecule has 0 spiro atoms. The van der Waals surface area contributed by atoms with Gasteiger partial charge < -0.3 is 5.11 Å². The number of halogens is 1. The average Bonchev–Trinajstić information content (AvgIpc) is 2.32. The van der Waals surface area contributed by atoms with E-state index in [-0.39, 0.29) is 23.4 Å². The molecule has 1 aromatic rings. The molecule has 6 nitrogen and oxygen atoms in total. The largest absolute Gasteiger partial charge is 0.478 e. The minimum atomic E-state index is -3.82. The molecule has 1 aromatic carbocycles. The van der Waals surface area contributed by atoms with Gasteiger partial charge in [0.2, 0.25) is 10.0 Å². The molecule has 0 atom stereocenters. The first-order valence-electron chi connectivity index (χ1n) is 5.19. The van der Waals surface area contributed by atoms with Crippen molar-refractivity contribution in [3.63, 3.8) is 0 Å². The number of hydrogen-bond acceptors (Lipinski definition) is 4. The minimum absolute atomic E-state index is 0.0211. The zero-order valence-corrected chi connectivity index (χ0v) is 12.4. The van der Waals surface area contributed by atoms with Crippen molar-refractivity contribution in [1.29, 1.82) is 5.26 Å². The van der Waals surface area contributed by atoms with Crippen LogP contribution in [0.2, 0.25) is 0 Å². The van der Waals surface area contributed by atoms with E-state index in [0.717, 1.165) is 6.07 Å². The predicted octanol–water partition coefficient (Wildman–Crippen LogP) is 1.65. The highest BCUT2D eigenvalue weighted by Crippen LogP contribution is 2.24. The van der Waals surface area contributed by atoms with E-state index in [2.05, 4.69) is 20.7 Å². The molecule has 0 radical (unpaired) electrons. The molecule has 19 heavy (non-hydrogen) atoms. The van der Waals surface area contributed by atoms with Gasteiger partial charge in [0.25, 0.3) is 0 Å². The van der Waals surface area contributed by atoms with Crippen LogP contribution in [0.3, 0.4) is 0 Å². The molecule has 2 N–H and O–H groups in total. The monoisotopic (exact) mass is 346 g/mol. The number of sulfonamides is 1. The molecule has 0 amide bonds. The molecule has 0 unspecified atom stereocenters. The summed E-state index contributed by atoms with van der Waals surface area (Å²) < 4.78 is 26.4. The number of nitrogens with zero attached hydrogens (tertiary/aromatic N) is 1. The number of benzene rings is 1. The molecule has 102 valence electrons. The average molecular weight is 347 g/mol. The van der Waals surface area contributed by atoms with Crippen LogP contribution in [-0.2, 0) is 10.0 Å². The van der Waals surface area contributed by atoms with Gasteiger partial charge in [-0.1, -0.05) is 15.9 Å². The molecule has 0 fully saturated rings. The number of aromatic carboxylic acids is 1. The quantitative estimate of drug-likeness (QED) is 0.788. The van der Waals surface area contributed by atoms with Crippen LogP contribution in [0, 0.1) is 18.3 Å². The second-order valence-corrected chi connectivity index (χ2v) is 6.31. The minimum Gasteiger partial charge on any atom is -0.478 e. The molecule has 0 saturated heterocycles. The lowest BCUT2D eigenvalue weighted by Gasteiger charge is -2.09. The third-order valence-corrected chi connectivity index (χ3v) is 4.65. The van der Waals surface area contributed by atoms with Gasteiger partial charge in [0, 0.05) is 17.4 Å².